The summed E-state index contributed by atoms with van der Waals surface area (Å²) in [6, 6.07) is -0.0635. The lowest BCUT2D eigenvalue weighted by Gasteiger charge is -2.37. The molecule has 6 nitrogen and oxygen atoms in total. The van der Waals surface area contributed by atoms with Crippen LogP contribution in [0.2, 0.25) is 0 Å². The summed E-state index contributed by atoms with van der Waals surface area (Å²) >= 11 is 0. The molecule has 1 aromatic heterocycles. The van der Waals surface area contributed by atoms with Crippen molar-refractivity contribution in [3.63, 3.8) is 0 Å². The first kappa shape index (κ1) is 29.1. The van der Waals surface area contributed by atoms with E-state index in [9.17, 15) is 0 Å². The summed E-state index contributed by atoms with van der Waals surface area (Å²) in [7, 11) is 1.97. The number of nitrogens with zero attached hydrogens (tertiary/aromatic N) is 3. The number of hydrogen-bond acceptors (Lipinski definition) is 5. The van der Waals surface area contributed by atoms with Gasteiger partial charge in [0.1, 0.15) is 23.2 Å². The number of hydrogen-bond donors (Lipinski definition) is 3. The Morgan fingerprint density at radius 3 is 2.77 bits per heavy atom. The summed E-state index contributed by atoms with van der Waals surface area (Å²) in [6.07, 6.45) is 16.4. The van der Waals surface area contributed by atoms with Gasteiger partial charge >= 0.3 is 0 Å². The molecule has 0 spiro atoms. The maximum Gasteiger partial charge on any atom is 0.146 e. The molecule has 2 fully saturated rings. The molecule has 0 aromatic carbocycles. The molecule has 1 aromatic rings. The number of rotatable bonds is 11. The molecule has 220 valence electrons. The van der Waals surface area contributed by atoms with Crippen molar-refractivity contribution in [1.82, 2.24) is 25.1 Å². The second-order valence-corrected chi connectivity index (χ2v) is 12.4. The van der Waals surface area contributed by atoms with Crippen molar-refractivity contribution >= 4 is 6.08 Å². The number of nitrogens with two attached hydrogens (primary N) is 1. The van der Waals surface area contributed by atoms with Crippen LogP contribution in [0.4, 0.5) is 8.78 Å². The number of nitrogens with one attached hydrogen (secondary N) is 2. The van der Waals surface area contributed by atoms with Crippen LogP contribution in [0, 0.1) is 5.41 Å². The van der Waals surface area contributed by atoms with Crippen molar-refractivity contribution in [2.45, 2.75) is 103 Å². The molecule has 1 saturated heterocycles. The van der Waals surface area contributed by atoms with Crippen molar-refractivity contribution in [3.05, 3.63) is 58.5 Å². The lowest BCUT2D eigenvalue weighted by atomic mass is 9.70. The van der Waals surface area contributed by atoms with Gasteiger partial charge in [0, 0.05) is 50.0 Å². The van der Waals surface area contributed by atoms with Crippen LogP contribution in [0.5, 0.6) is 0 Å². The first-order valence-electron chi connectivity index (χ1n) is 15.5. The zero-order valence-electron chi connectivity index (χ0n) is 24.5. The van der Waals surface area contributed by atoms with Crippen LogP contribution in [0.3, 0.4) is 0 Å². The number of aryl methyl sites for hydroxylation is 1. The van der Waals surface area contributed by atoms with Crippen LogP contribution in [0.15, 0.2) is 41.3 Å². The third-order valence-corrected chi connectivity index (χ3v) is 10.0. The highest BCUT2D eigenvalue weighted by Crippen LogP contribution is 2.42. The standard InChI is InChI=1S/C32H48F2N6/c1-4-32(12-6-5-7-13-32)14-15-36-31-25(33)18-24(19-26(31)34)40-16-8-9-29(40)23-10-11-27-28(17-23)38-30(37-27)21-39(3)22(2)20-35/h17-18,24,29,36H,2,4-16,19-21,35H2,1,3H3,(H,37,38)/t24?,29-/m1/s1. The molecule has 8 heteroatoms. The fourth-order valence-corrected chi connectivity index (χ4v) is 7.37. The molecule has 1 saturated carbocycles. The SMILES string of the molecule is C=C(CN)N(C)Cc1nc2c([nH]1)CCC([C@H]1CCCN1C1C=C(F)C(NCCC3(CC)CCCCC3)=C(F)C1)=C2. The molecular formula is C32H48F2N6. The minimum absolute atomic E-state index is 0.0851. The van der Waals surface area contributed by atoms with Gasteiger partial charge in [0.15, 0.2) is 0 Å². The van der Waals surface area contributed by atoms with E-state index in [-0.39, 0.29) is 30.0 Å². The average molecular weight is 555 g/mol. The number of H-pyrrole nitrogens is 1. The fourth-order valence-electron chi connectivity index (χ4n) is 7.37. The van der Waals surface area contributed by atoms with Gasteiger partial charge in [-0.3, -0.25) is 4.90 Å². The number of halogens is 2. The number of likely N-dealkylation sites (tertiary alicyclic amines) is 1. The Hall–Kier alpha value is -2.45. The first-order chi connectivity index (χ1) is 19.3. The van der Waals surface area contributed by atoms with Gasteiger partial charge in [-0.1, -0.05) is 44.8 Å². The second kappa shape index (κ2) is 12.6. The number of imidazole rings is 1. The highest BCUT2D eigenvalue weighted by molar-refractivity contribution is 5.56. The molecule has 40 heavy (non-hydrogen) atoms. The summed E-state index contributed by atoms with van der Waals surface area (Å²) in [5.41, 5.74) is 10.5. The Balaban J connectivity index is 1.22. The molecule has 4 aliphatic rings. The van der Waals surface area contributed by atoms with E-state index in [1.807, 2.05) is 11.9 Å². The van der Waals surface area contributed by atoms with Crippen LogP contribution < -0.4 is 11.1 Å². The molecular weight excluding hydrogens is 506 g/mol. The number of aromatic amines is 1. The highest BCUT2D eigenvalue weighted by atomic mass is 19.1. The van der Waals surface area contributed by atoms with E-state index in [2.05, 4.69) is 34.8 Å². The lowest BCUT2D eigenvalue weighted by Crippen LogP contribution is -2.41. The van der Waals surface area contributed by atoms with E-state index in [1.54, 1.807) is 6.08 Å². The van der Waals surface area contributed by atoms with Crippen LogP contribution in [-0.2, 0) is 13.0 Å². The van der Waals surface area contributed by atoms with Gasteiger partial charge in [0.25, 0.3) is 0 Å². The maximum absolute atomic E-state index is 15.4. The third kappa shape index (κ3) is 6.23. The zero-order chi connectivity index (χ0) is 28.3. The maximum atomic E-state index is 15.4. The molecule has 0 amide bonds. The first-order valence-corrected chi connectivity index (χ1v) is 15.5. The van der Waals surface area contributed by atoms with Crippen LogP contribution in [0.1, 0.15) is 94.8 Å². The van der Waals surface area contributed by atoms with E-state index in [0.29, 0.717) is 25.0 Å². The summed E-state index contributed by atoms with van der Waals surface area (Å²) < 4.78 is 30.7. The summed E-state index contributed by atoms with van der Waals surface area (Å²) in [6.45, 7) is 8.80. The Labute approximate surface area is 238 Å². The van der Waals surface area contributed by atoms with Crippen molar-refractivity contribution in [1.29, 1.82) is 0 Å². The average Bonchev–Trinajstić information content (AvgIpc) is 3.61. The number of likely N-dealkylation sites (N-methyl/N-ethyl adjacent to an activating group) is 1. The normalized spacial score (nSPS) is 24.9. The van der Waals surface area contributed by atoms with E-state index in [0.717, 1.165) is 68.0 Å². The van der Waals surface area contributed by atoms with Gasteiger partial charge in [-0.2, -0.15) is 0 Å². The topological polar surface area (TPSA) is 73.2 Å². The summed E-state index contributed by atoms with van der Waals surface area (Å²) in [4.78, 5) is 12.7. The molecule has 0 radical (unpaired) electrons. The van der Waals surface area contributed by atoms with Crippen molar-refractivity contribution in [2.75, 3.05) is 26.7 Å². The van der Waals surface area contributed by atoms with Gasteiger partial charge < -0.3 is 20.9 Å². The van der Waals surface area contributed by atoms with Crippen molar-refractivity contribution in [3.8, 4) is 0 Å². The summed E-state index contributed by atoms with van der Waals surface area (Å²) in [5, 5.41) is 3.15. The smallest absolute Gasteiger partial charge is 0.146 e. The van der Waals surface area contributed by atoms with Gasteiger partial charge in [0.05, 0.1) is 12.2 Å². The largest absolute Gasteiger partial charge is 0.381 e. The minimum atomic E-state index is -0.436. The minimum Gasteiger partial charge on any atom is -0.381 e. The van der Waals surface area contributed by atoms with E-state index in [4.69, 9.17) is 10.7 Å². The number of aromatic nitrogens is 2. The molecule has 1 unspecified atom stereocenters. The molecule has 4 N–H and O–H groups in total. The van der Waals surface area contributed by atoms with Gasteiger partial charge in [-0.05, 0) is 69.1 Å². The molecule has 0 bridgehead atoms. The van der Waals surface area contributed by atoms with E-state index >= 15 is 8.78 Å². The Morgan fingerprint density at radius 2 is 2.05 bits per heavy atom. The fraction of sp³-hybridized carbons (Fsp3) is 0.656. The quantitative estimate of drug-likeness (QED) is 0.301. The van der Waals surface area contributed by atoms with Crippen LogP contribution in [0.25, 0.3) is 6.08 Å². The van der Waals surface area contributed by atoms with Gasteiger partial charge in [-0.25, -0.2) is 13.8 Å². The molecule has 3 aliphatic carbocycles. The van der Waals surface area contributed by atoms with Gasteiger partial charge in [0.2, 0.25) is 0 Å². The number of fused-ring (bicyclic) bond motifs is 1. The van der Waals surface area contributed by atoms with Crippen LogP contribution in [-0.4, -0.2) is 58.5 Å². The molecule has 1 aliphatic heterocycles. The molecule has 2 heterocycles. The Bertz CT molecular complexity index is 1160. The zero-order valence-corrected chi connectivity index (χ0v) is 24.5. The Kier molecular flexibility index (Phi) is 9.15. The Morgan fingerprint density at radius 1 is 1.25 bits per heavy atom. The summed E-state index contributed by atoms with van der Waals surface area (Å²) in [5.74, 6) is 0.124. The van der Waals surface area contributed by atoms with E-state index in [1.165, 1.54) is 37.7 Å². The van der Waals surface area contributed by atoms with Crippen molar-refractivity contribution < 1.29 is 8.78 Å². The highest BCUT2D eigenvalue weighted by Gasteiger charge is 2.37. The van der Waals surface area contributed by atoms with Gasteiger partial charge in [-0.15, -0.1) is 0 Å². The number of allylic oxidation sites excluding steroid dienone is 1. The second-order valence-electron chi connectivity index (χ2n) is 12.4. The predicted molar refractivity (Wildman–Crippen MR) is 158 cm³/mol. The van der Waals surface area contributed by atoms with Crippen molar-refractivity contribution in [2.24, 2.45) is 11.1 Å². The third-order valence-electron chi connectivity index (χ3n) is 10.0. The predicted octanol–water partition coefficient (Wildman–Crippen LogP) is 6.25. The monoisotopic (exact) mass is 554 g/mol. The molecule has 5 rings (SSSR count). The molecule has 2 atom stereocenters. The van der Waals surface area contributed by atoms with E-state index < -0.39 is 5.83 Å². The lowest BCUT2D eigenvalue weighted by molar-refractivity contribution is 0.165. The van der Waals surface area contributed by atoms with Crippen LogP contribution >= 0.6 is 0 Å².